The van der Waals surface area contributed by atoms with Crippen molar-refractivity contribution in [2.24, 2.45) is 0 Å². The molecule has 2 nitrogen and oxygen atoms in total. The van der Waals surface area contributed by atoms with Crippen LogP contribution in [0.25, 0.3) is 80.7 Å². The van der Waals surface area contributed by atoms with Crippen LogP contribution in [0.15, 0.2) is 200 Å². The third-order valence-corrected chi connectivity index (χ3v) is 14.4. The Kier molecular flexibility index (Phi) is 8.82. The van der Waals surface area contributed by atoms with Crippen LogP contribution in [-0.4, -0.2) is 4.57 Å². The van der Waals surface area contributed by atoms with Crippen molar-refractivity contribution in [3.8, 4) is 27.9 Å². The molecule has 61 heavy (non-hydrogen) atoms. The highest BCUT2D eigenvalue weighted by Crippen LogP contribution is 2.49. The summed E-state index contributed by atoms with van der Waals surface area (Å²) < 4.78 is 4.99. The van der Waals surface area contributed by atoms with Crippen molar-refractivity contribution < 1.29 is 0 Å². The van der Waals surface area contributed by atoms with Crippen molar-refractivity contribution in [1.82, 2.24) is 4.57 Å². The van der Waals surface area contributed by atoms with Crippen LogP contribution in [0.3, 0.4) is 0 Å². The van der Waals surface area contributed by atoms with E-state index in [1.54, 1.807) is 0 Å². The summed E-state index contributed by atoms with van der Waals surface area (Å²) in [5, 5.41) is 7.85. The SMILES string of the molecule is c1ccc(-n2c3ccccc3c3cc(-c4ccc(N(c5ccccc5-c5cccc6cccc(C7CCCCC7)c56)c5cccc6c5sc5ccccc56)cc4)ccc32)cc1. The van der Waals surface area contributed by atoms with Gasteiger partial charge in [0.05, 0.1) is 27.1 Å². The highest BCUT2D eigenvalue weighted by atomic mass is 32.1. The fraction of sp³-hybridized carbons (Fsp3) is 0.103. The number of hydrogen-bond acceptors (Lipinski definition) is 2. The van der Waals surface area contributed by atoms with E-state index in [1.165, 1.54) is 130 Å². The summed E-state index contributed by atoms with van der Waals surface area (Å²) in [5.74, 6) is 0.593. The van der Waals surface area contributed by atoms with Gasteiger partial charge >= 0.3 is 0 Å². The van der Waals surface area contributed by atoms with E-state index >= 15 is 0 Å². The Hall–Kier alpha value is -6.94. The zero-order valence-electron chi connectivity index (χ0n) is 34.0. The summed E-state index contributed by atoms with van der Waals surface area (Å²) in [7, 11) is 0. The molecule has 0 unspecified atom stereocenters. The first kappa shape index (κ1) is 36.0. The Labute approximate surface area is 360 Å². The van der Waals surface area contributed by atoms with Gasteiger partial charge in [0.15, 0.2) is 0 Å². The van der Waals surface area contributed by atoms with Crippen LogP contribution in [0.4, 0.5) is 17.1 Å². The molecule has 2 aromatic heterocycles. The lowest BCUT2D eigenvalue weighted by Gasteiger charge is -2.29. The highest BCUT2D eigenvalue weighted by molar-refractivity contribution is 7.26. The molecule has 0 radical (unpaired) electrons. The largest absolute Gasteiger partial charge is 0.309 e. The van der Waals surface area contributed by atoms with Gasteiger partial charge in [0.25, 0.3) is 0 Å². The van der Waals surface area contributed by atoms with E-state index in [9.17, 15) is 0 Å². The van der Waals surface area contributed by atoms with Crippen LogP contribution in [0.2, 0.25) is 0 Å². The number of fused-ring (bicyclic) bond motifs is 7. The maximum absolute atomic E-state index is 2.52. The molecule has 1 fully saturated rings. The molecule has 0 saturated heterocycles. The average Bonchev–Trinajstić information content (AvgIpc) is 3.88. The van der Waals surface area contributed by atoms with E-state index in [-0.39, 0.29) is 0 Å². The molecule has 0 bridgehead atoms. The lowest BCUT2D eigenvalue weighted by atomic mass is 9.80. The van der Waals surface area contributed by atoms with Gasteiger partial charge in [-0.15, -0.1) is 11.3 Å². The summed E-state index contributed by atoms with van der Waals surface area (Å²) in [4.78, 5) is 2.52. The van der Waals surface area contributed by atoms with Crippen LogP contribution in [0.1, 0.15) is 43.6 Å². The second-order valence-electron chi connectivity index (χ2n) is 16.7. The quantitative estimate of drug-likeness (QED) is 0.156. The summed E-state index contributed by atoms with van der Waals surface area (Å²) in [5.41, 5.74) is 13.6. The lowest BCUT2D eigenvalue weighted by molar-refractivity contribution is 0.445. The van der Waals surface area contributed by atoms with Gasteiger partial charge in [0.1, 0.15) is 0 Å². The molecule has 292 valence electrons. The molecule has 3 heteroatoms. The van der Waals surface area contributed by atoms with E-state index in [1.807, 2.05) is 11.3 Å². The maximum Gasteiger partial charge on any atom is 0.0640 e. The molecular formula is C58H44N2S. The van der Waals surface area contributed by atoms with Crippen molar-refractivity contribution in [2.75, 3.05) is 4.90 Å². The third-order valence-electron chi connectivity index (χ3n) is 13.2. The van der Waals surface area contributed by atoms with Crippen molar-refractivity contribution in [1.29, 1.82) is 0 Å². The number of aromatic nitrogens is 1. The normalized spacial score (nSPS) is 13.5. The average molecular weight is 801 g/mol. The summed E-state index contributed by atoms with van der Waals surface area (Å²) >= 11 is 1.89. The summed E-state index contributed by atoms with van der Waals surface area (Å²) in [6, 6.07) is 74.4. The minimum Gasteiger partial charge on any atom is -0.309 e. The Morgan fingerprint density at radius 2 is 1.11 bits per heavy atom. The Bertz CT molecular complexity index is 3400. The monoisotopic (exact) mass is 800 g/mol. The number of hydrogen-bond donors (Lipinski definition) is 0. The minimum atomic E-state index is 0.593. The van der Waals surface area contributed by atoms with E-state index in [4.69, 9.17) is 0 Å². The van der Waals surface area contributed by atoms with Crippen molar-refractivity contribution >= 4 is 81.1 Å². The van der Waals surface area contributed by atoms with Crippen LogP contribution in [0.5, 0.6) is 0 Å². The van der Waals surface area contributed by atoms with Crippen molar-refractivity contribution in [2.45, 2.75) is 38.0 Å². The second kappa shape index (κ2) is 15.0. The van der Waals surface area contributed by atoms with Crippen molar-refractivity contribution in [3.05, 3.63) is 206 Å². The fourth-order valence-electron chi connectivity index (χ4n) is 10.4. The van der Waals surface area contributed by atoms with Gasteiger partial charge in [-0.1, -0.05) is 159 Å². The lowest BCUT2D eigenvalue weighted by Crippen LogP contribution is -2.11. The van der Waals surface area contributed by atoms with Gasteiger partial charge in [-0.25, -0.2) is 0 Å². The topological polar surface area (TPSA) is 8.17 Å². The molecule has 1 aliphatic carbocycles. The Balaban J connectivity index is 1.04. The number of benzene rings is 9. The first-order chi connectivity index (χ1) is 30.3. The fourth-order valence-corrected chi connectivity index (χ4v) is 11.6. The van der Waals surface area contributed by atoms with E-state index in [2.05, 4.69) is 210 Å². The molecule has 0 spiro atoms. The first-order valence-corrected chi connectivity index (χ1v) is 22.6. The maximum atomic E-state index is 2.52. The van der Waals surface area contributed by atoms with Crippen LogP contribution >= 0.6 is 11.3 Å². The van der Waals surface area contributed by atoms with E-state index in [0.29, 0.717) is 5.92 Å². The number of nitrogens with zero attached hydrogens (tertiary/aromatic N) is 2. The molecule has 12 rings (SSSR count). The number of anilines is 3. The molecular weight excluding hydrogens is 757 g/mol. The molecule has 1 aliphatic rings. The Morgan fingerprint density at radius 1 is 0.459 bits per heavy atom. The molecule has 0 aliphatic heterocycles. The smallest absolute Gasteiger partial charge is 0.0640 e. The van der Waals surface area contributed by atoms with Gasteiger partial charge in [0.2, 0.25) is 0 Å². The molecule has 0 atom stereocenters. The van der Waals surface area contributed by atoms with Gasteiger partial charge in [-0.2, -0.15) is 0 Å². The Morgan fingerprint density at radius 3 is 1.98 bits per heavy atom. The molecule has 0 N–H and O–H groups in total. The van der Waals surface area contributed by atoms with Gasteiger partial charge in [0, 0.05) is 43.2 Å². The molecule has 9 aromatic carbocycles. The van der Waals surface area contributed by atoms with Crippen LogP contribution < -0.4 is 4.90 Å². The van der Waals surface area contributed by atoms with Gasteiger partial charge in [-0.05, 0) is 112 Å². The number of para-hydroxylation sites is 3. The van der Waals surface area contributed by atoms with Crippen LogP contribution in [-0.2, 0) is 0 Å². The molecule has 0 amide bonds. The predicted octanol–water partition coefficient (Wildman–Crippen LogP) is 17.2. The molecule has 2 heterocycles. The minimum absolute atomic E-state index is 0.593. The second-order valence-corrected chi connectivity index (χ2v) is 17.7. The predicted molar refractivity (Wildman–Crippen MR) is 263 cm³/mol. The third kappa shape index (κ3) is 6.06. The zero-order valence-corrected chi connectivity index (χ0v) is 34.8. The molecule has 11 aromatic rings. The summed E-state index contributed by atoms with van der Waals surface area (Å²) in [6.07, 6.45) is 6.51. The summed E-state index contributed by atoms with van der Waals surface area (Å²) in [6.45, 7) is 0. The van der Waals surface area contributed by atoms with Crippen LogP contribution in [0, 0.1) is 0 Å². The highest BCUT2D eigenvalue weighted by Gasteiger charge is 2.24. The number of rotatable bonds is 7. The standard InChI is InChI=1S/C58H44N2S/c1-3-16-40(17-4-1)45-25-13-18-41-19-14-26-49(57(41)45)46-22-7-10-28-52(46)60(55-30-15-27-50-48-24-9-12-31-56(48)61-58(50)55)44-35-32-39(33-36-44)42-34-37-54-51(38-42)47-23-8-11-29-53(47)59(54)43-20-5-2-6-21-43/h2,5-15,18-38,40H,1,3-4,16-17H2. The van der Waals surface area contributed by atoms with Gasteiger partial charge in [-0.3, -0.25) is 0 Å². The van der Waals surface area contributed by atoms with Crippen molar-refractivity contribution in [3.63, 3.8) is 0 Å². The first-order valence-electron chi connectivity index (χ1n) is 21.8. The van der Waals surface area contributed by atoms with E-state index < -0.39 is 0 Å². The zero-order chi connectivity index (χ0) is 40.3. The van der Waals surface area contributed by atoms with E-state index in [0.717, 1.165) is 5.69 Å². The molecule has 1 saturated carbocycles. The number of thiophene rings is 1. The van der Waals surface area contributed by atoms with Gasteiger partial charge < -0.3 is 9.47 Å².